The van der Waals surface area contributed by atoms with Gasteiger partial charge in [-0.1, -0.05) is 0 Å². The van der Waals surface area contributed by atoms with Gasteiger partial charge in [-0.25, -0.2) is 0 Å². The van der Waals surface area contributed by atoms with Crippen LogP contribution in [0.15, 0.2) is 24.3 Å². The van der Waals surface area contributed by atoms with Crippen molar-refractivity contribution in [3.8, 4) is 6.07 Å². The third-order valence-electron chi connectivity index (χ3n) is 1.98. The lowest BCUT2D eigenvalue weighted by molar-refractivity contribution is -0.113. The molecule has 0 saturated carbocycles. The molecule has 0 aliphatic carbocycles. The van der Waals surface area contributed by atoms with Crippen molar-refractivity contribution in [1.82, 2.24) is 0 Å². The lowest BCUT2D eigenvalue weighted by Crippen LogP contribution is -2.14. The Morgan fingerprint density at radius 2 is 2.12 bits per heavy atom. The van der Waals surface area contributed by atoms with Gasteiger partial charge in [0.25, 0.3) is 0 Å². The van der Waals surface area contributed by atoms with E-state index in [1.54, 1.807) is 24.3 Å². The molecule has 0 saturated heterocycles. The quantitative estimate of drug-likeness (QED) is 0.752. The van der Waals surface area contributed by atoms with Crippen LogP contribution in [0.5, 0.6) is 0 Å². The first kappa shape index (κ1) is 13.6. The predicted molar refractivity (Wildman–Crippen MR) is 68.8 cm³/mol. The minimum atomic E-state index is -0.0716. The zero-order valence-corrected chi connectivity index (χ0v) is 10.2. The van der Waals surface area contributed by atoms with E-state index in [4.69, 9.17) is 10.4 Å². The average Bonchev–Trinajstić information content (AvgIpc) is 2.36. The molecule has 1 aromatic rings. The van der Waals surface area contributed by atoms with Crippen LogP contribution >= 0.6 is 11.8 Å². The largest absolute Gasteiger partial charge is 0.396 e. The van der Waals surface area contributed by atoms with E-state index in [0.29, 0.717) is 23.4 Å². The van der Waals surface area contributed by atoms with Crippen LogP contribution in [0.1, 0.15) is 12.0 Å². The second-order valence-electron chi connectivity index (χ2n) is 3.37. The molecule has 0 fully saturated rings. The van der Waals surface area contributed by atoms with Crippen molar-refractivity contribution in [3.05, 3.63) is 29.8 Å². The second-order valence-corrected chi connectivity index (χ2v) is 4.47. The van der Waals surface area contributed by atoms with Gasteiger partial charge in [-0.15, -0.1) is 0 Å². The highest BCUT2D eigenvalue weighted by Gasteiger charge is 2.02. The van der Waals surface area contributed by atoms with Gasteiger partial charge in [0, 0.05) is 12.3 Å². The summed E-state index contributed by atoms with van der Waals surface area (Å²) in [6.07, 6.45) is 0.703. The Hall–Kier alpha value is -1.51. The monoisotopic (exact) mass is 250 g/mol. The Morgan fingerprint density at radius 1 is 1.41 bits per heavy atom. The number of anilines is 1. The molecule has 4 nitrogen and oxygen atoms in total. The minimum absolute atomic E-state index is 0.0716. The minimum Gasteiger partial charge on any atom is -0.396 e. The smallest absolute Gasteiger partial charge is 0.234 e. The fourth-order valence-corrected chi connectivity index (χ4v) is 1.89. The Bertz CT molecular complexity index is 398. The highest BCUT2D eigenvalue weighted by molar-refractivity contribution is 7.99. The van der Waals surface area contributed by atoms with Crippen molar-refractivity contribution < 1.29 is 9.90 Å². The van der Waals surface area contributed by atoms with Crippen molar-refractivity contribution in [2.75, 3.05) is 23.4 Å². The molecule has 0 aliphatic heterocycles. The Morgan fingerprint density at radius 3 is 2.71 bits per heavy atom. The molecule has 1 amide bonds. The van der Waals surface area contributed by atoms with Gasteiger partial charge in [0.15, 0.2) is 0 Å². The van der Waals surface area contributed by atoms with E-state index in [1.165, 1.54) is 11.8 Å². The predicted octanol–water partition coefficient (Wildman–Crippen LogP) is 1.61. The van der Waals surface area contributed by atoms with Crippen molar-refractivity contribution in [2.45, 2.75) is 6.42 Å². The van der Waals surface area contributed by atoms with E-state index in [9.17, 15) is 4.79 Å². The summed E-state index contributed by atoms with van der Waals surface area (Å²) in [7, 11) is 0. The average molecular weight is 250 g/mol. The topological polar surface area (TPSA) is 73.1 Å². The zero-order chi connectivity index (χ0) is 12.5. The number of benzene rings is 1. The number of carbonyl (C=O) groups is 1. The zero-order valence-electron chi connectivity index (χ0n) is 9.35. The van der Waals surface area contributed by atoms with E-state index >= 15 is 0 Å². The van der Waals surface area contributed by atoms with Crippen LogP contribution in [-0.4, -0.2) is 29.1 Å². The molecule has 0 unspecified atom stereocenters. The highest BCUT2D eigenvalue weighted by Crippen LogP contribution is 2.10. The maximum atomic E-state index is 11.5. The molecule has 0 aromatic heterocycles. The number of nitriles is 1. The number of carbonyl (C=O) groups excluding carboxylic acids is 1. The van der Waals surface area contributed by atoms with Gasteiger partial charge in [-0.3, -0.25) is 4.79 Å². The van der Waals surface area contributed by atoms with Crippen molar-refractivity contribution >= 4 is 23.4 Å². The fraction of sp³-hybridized carbons (Fsp3) is 0.333. The maximum absolute atomic E-state index is 11.5. The summed E-state index contributed by atoms with van der Waals surface area (Å²) in [6, 6.07) is 8.74. The molecule has 0 atom stereocenters. The molecule has 0 radical (unpaired) electrons. The van der Waals surface area contributed by atoms with E-state index < -0.39 is 0 Å². The molecule has 0 aliphatic rings. The van der Waals surface area contributed by atoms with Gasteiger partial charge in [0.1, 0.15) is 0 Å². The number of nitrogens with one attached hydrogen (secondary N) is 1. The molecule has 17 heavy (non-hydrogen) atoms. The summed E-state index contributed by atoms with van der Waals surface area (Å²) in [5, 5.41) is 19.9. The van der Waals surface area contributed by atoms with E-state index in [0.717, 1.165) is 5.75 Å². The molecule has 1 rings (SSSR count). The van der Waals surface area contributed by atoms with Gasteiger partial charge in [0.2, 0.25) is 5.91 Å². The third kappa shape index (κ3) is 5.38. The van der Waals surface area contributed by atoms with Crippen LogP contribution in [0.2, 0.25) is 0 Å². The number of nitrogens with zero attached hydrogens (tertiary/aromatic N) is 1. The Kier molecular flexibility index (Phi) is 6.15. The SMILES string of the molecule is N#Cc1ccc(NC(=O)CSCCCO)cc1. The van der Waals surface area contributed by atoms with E-state index in [-0.39, 0.29) is 12.5 Å². The van der Waals surface area contributed by atoms with Gasteiger partial charge < -0.3 is 10.4 Å². The van der Waals surface area contributed by atoms with Crippen LogP contribution < -0.4 is 5.32 Å². The van der Waals surface area contributed by atoms with Crippen LogP contribution in [0.3, 0.4) is 0 Å². The lowest BCUT2D eigenvalue weighted by Gasteiger charge is -2.04. The molecule has 2 N–H and O–H groups in total. The number of rotatable bonds is 6. The standard InChI is InChI=1S/C12H14N2O2S/c13-8-10-2-4-11(5-3-10)14-12(16)9-17-7-1-6-15/h2-5,15H,1,6-7,9H2,(H,14,16). The molecule has 90 valence electrons. The number of thioether (sulfide) groups is 1. The van der Waals surface area contributed by atoms with E-state index in [1.807, 2.05) is 6.07 Å². The highest BCUT2D eigenvalue weighted by atomic mass is 32.2. The number of hydrogen-bond acceptors (Lipinski definition) is 4. The summed E-state index contributed by atoms with van der Waals surface area (Å²) >= 11 is 1.49. The fourth-order valence-electron chi connectivity index (χ4n) is 1.16. The number of aliphatic hydroxyl groups is 1. The van der Waals surface area contributed by atoms with Crippen molar-refractivity contribution in [1.29, 1.82) is 5.26 Å². The first-order valence-corrected chi connectivity index (χ1v) is 6.40. The van der Waals surface area contributed by atoms with Crippen molar-refractivity contribution in [2.24, 2.45) is 0 Å². The van der Waals surface area contributed by atoms with Gasteiger partial charge in [-0.05, 0) is 36.4 Å². The number of amides is 1. The molecule has 1 aromatic carbocycles. The summed E-state index contributed by atoms with van der Waals surface area (Å²) in [4.78, 5) is 11.5. The van der Waals surface area contributed by atoms with Crippen LogP contribution in [0.4, 0.5) is 5.69 Å². The van der Waals surface area contributed by atoms with Crippen LogP contribution in [0.25, 0.3) is 0 Å². The molecule has 5 heteroatoms. The van der Waals surface area contributed by atoms with Gasteiger partial charge >= 0.3 is 0 Å². The molecular weight excluding hydrogens is 236 g/mol. The normalized spacial score (nSPS) is 9.65. The van der Waals surface area contributed by atoms with Crippen LogP contribution in [-0.2, 0) is 4.79 Å². The van der Waals surface area contributed by atoms with Gasteiger partial charge in [-0.2, -0.15) is 17.0 Å². The Labute approximate surface area is 105 Å². The maximum Gasteiger partial charge on any atom is 0.234 e. The summed E-state index contributed by atoms with van der Waals surface area (Å²) in [6.45, 7) is 0.157. The lowest BCUT2D eigenvalue weighted by atomic mass is 10.2. The molecule has 0 spiro atoms. The van der Waals surface area contributed by atoms with Gasteiger partial charge in [0.05, 0.1) is 17.4 Å². The van der Waals surface area contributed by atoms with E-state index in [2.05, 4.69) is 5.32 Å². The second kappa shape index (κ2) is 7.71. The summed E-state index contributed by atoms with van der Waals surface area (Å²) < 4.78 is 0. The van der Waals surface area contributed by atoms with Crippen molar-refractivity contribution in [3.63, 3.8) is 0 Å². The number of aliphatic hydroxyl groups excluding tert-OH is 1. The number of hydrogen-bond donors (Lipinski definition) is 2. The molecular formula is C12H14N2O2S. The first-order valence-electron chi connectivity index (χ1n) is 5.25. The molecule has 0 bridgehead atoms. The Balaban J connectivity index is 2.32. The summed E-state index contributed by atoms with van der Waals surface area (Å²) in [5.74, 6) is 1.08. The first-order chi connectivity index (χ1) is 8.26. The third-order valence-corrected chi connectivity index (χ3v) is 3.02. The summed E-state index contributed by atoms with van der Waals surface area (Å²) in [5.41, 5.74) is 1.26. The molecule has 0 heterocycles. The van der Waals surface area contributed by atoms with Crippen LogP contribution in [0, 0.1) is 11.3 Å².